The third-order valence-corrected chi connectivity index (χ3v) is 3.31. The lowest BCUT2D eigenvalue weighted by atomic mass is 10.1. The maximum Gasteiger partial charge on any atom is 0.255 e. The van der Waals surface area contributed by atoms with Gasteiger partial charge in [-0.05, 0) is 36.2 Å². The van der Waals surface area contributed by atoms with Crippen molar-refractivity contribution in [3.05, 3.63) is 53.7 Å². The lowest BCUT2D eigenvalue weighted by Crippen LogP contribution is -2.28. The Morgan fingerprint density at radius 3 is 2.59 bits per heavy atom. The maximum absolute atomic E-state index is 12.3. The van der Waals surface area contributed by atoms with Crippen molar-refractivity contribution in [1.29, 1.82) is 0 Å². The fourth-order valence-corrected chi connectivity index (χ4v) is 2.14. The number of amides is 1. The fourth-order valence-electron chi connectivity index (χ4n) is 2.14. The SMILES string of the molecule is COc1ccc(CCNC(=O)c2cccnc2N(C)C)cc1. The van der Waals surface area contributed by atoms with Gasteiger partial charge in [0.15, 0.2) is 0 Å². The molecule has 0 atom stereocenters. The molecule has 1 amide bonds. The molecule has 22 heavy (non-hydrogen) atoms. The minimum atomic E-state index is -0.106. The van der Waals surface area contributed by atoms with Crippen LogP contribution in [0.25, 0.3) is 0 Å². The van der Waals surface area contributed by atoms with Crippen LogP contribution in [0.3, 0.4) is 0 Å². The van der Waals surface area contributed by atoms with E-state index in [1.807, 2.05) is 43.3 Å². The van der Waals surface area contributed by atoms with Crippen molar-refractivity contribution < 1.29 is 9.53 Å². The molecule has 2 rings (SSSR count). The van der Waals surface area contributed by atoms with Crippen molar-refractivity contribution in [3.63, 3.8) is 0 Å². The first kappa shape index (κ1) is 15.8. The Balaban J connectivity index is 1.92. The summed E-state index contributed by atoms with van der Waals surface area (Å²) in [6.07, 6.45) is 2.46. The van der Waals surface area contributed by atoms with Crippen molar-refractivity contribution in [2.45, 2.75) is 6.42 Å². The Bertz CT molecular complexity index is 624. The number of aromatic nitrogens is 1. The summed E-state index contributed by atoms with van der Waals surface area (Å²) in [5.74, 6) is 1.40. The summed E-state index contributed by atoms with van der Waals surface area (Å²) in [6.45, 7) is 0.576. The van der Waals surface area contributed by atoms with Crippen LogP contribution in [-0.2, 0) is 6.42 Å². The fraction of sp³-hybridized carbons (Fsp3) is 0.294. The molecule has 0 fully saturated rings. The lowest BCUT2D eigenvalue weighted by Gasteiger charge is -2.15. The van der Waals surface area contributed by atoms with Gasteiger partial charge in [-0.2, -0.15) is 0 Å². The first-order chi connectivity index (χ1) is 10.6. The number of carbonyl (C=O) groups excluding carboxylic acids is 1. The molecule has 5 nitrogen and oxygen atoms in total. The minimum Gasteiger partial charge on any atom is -0.497 e. The average Bonchev–Trinajstić information content (AvgIpc) is 2.55. The van der Waals surface area contributed by atoms with Crippen molar-refractivity contribution in [2.75, 3.05) is 32.6 Å². The van der Waals surface area contributed by atoms with Crippen LogP contribution in [0, 0.1) is 0 Å². The number of ether oxygens (including phenoxy) is 1. The number of benzene rings is 1. The Hall–Kier alpha value is -2.56. The smallest absolute Gasteiger partial charge is 0.255 e. The van der Waals surface area contributed by atoms with Crippen LogP contribution < -0.4 is 15.0 Å². The molecule has 0 aliphatic heterocycles. The minimum absolute atomic E-state index is 0.106. The molecule has 1 aromatic carbocycles. The molecule has 0 bridgehead atoms. The highest BCUT2D eigenvalue weighted by Gasteiger charge is 2.12. The molecule has 0 aliphatic rings. The molecular weight excluding hydrogens is 278 g/mol. The van der Waals surface area contributed by atoms with E-state index in [2.05, 4.69) is 10.3 Å². The van der Waals surface area contributed by atoms with E-state index in [1.54, 1.807) is 25.4 Å². The molecule has 2 aromatic rings. The zero-order valence-electron chi connectivity index (χ0n) is 13.2. The van der Waals surface area contributed by atoms with Crippen LogP contribution in [0.4, 0.5) is 5.82 Å². The molecule has 5 heteroatoms. The molecule has 0 saturated carbocycles. The first-order valence-corrected chi connectivity index (χ1v) is 7.15. The number of nitrogens with zero attached hydrogens (tertiary/aromatic N) is 2. The summed E-state index contributed by atoms with van der Waals surface area (Å²) in [4.78, 5) is 18.3. The average molecular weight is 299 g/mol. The van der Waals surface area contributed by atoms with Crippen molar-refractivity contribution in [2.24, 2.45) is 0 Å². The predicted molar refractivity (Wildman–Crippen MR) is 87.6 cm³/mol. The molecule has 0 saturated heterocycles. The van der Waals surface area contributed by atoms with Gasteiger partial charge in [0.25, 0.3) is 5.91 Å². The molecule has 0 spiro atoms. The van der Waals surface area contributed by atoms with Crippen LogP contribution in [0.1, 0.15) is 15.9 Å². The van der Waals surface area contributed by atoms with Gasteiger partial charge in [0.05, 0.1) is 12.7 Å². The zero-order valence-corrected chi connectivity index (χ0v) is 13.2. The highest BCUT2D eigenvalue weighted by atomic mass is 16.5. The standard InChI is InChI=1S/C17H21N3O2/c1-20(2)16-15(5-4-11-18-16)17(21)19-12-10-13-6-8-14(22-3)9-7-13/h4-9,11H,10,12H2,1-3H3,(H,19,21). The number of rotatable bonds is 6. The van der Waals surface area contributed by atoms with Gasteiger partial charge >= 0.3 is 0 Å². The van der Waals surface area contributed by atoms with Gasteiger partial charge in [-0.15, -0.1) is 0 Å². The van der Waals surface area contributed by atoms with Crippen molar-refractivity contribution in [3.8, 4) is 5.75 Å². The van der Waals surface area contributed by atoms with Gasteiger partial charge < -0.3 is 15.0 Å². The van der Waals surface area contributed by atoms with Crippen LogP contribution in [0.5, 0.6) is 5.75 Å². The van der Waals surface area contributed by atoms with Gasteiger partial charge in [0, 0.05) is 26.8 Å². The second-order valence-electron chi connectivity index (χ2n) is 5.12. The van der Waals surface area contributed by atoms with E-state index >= 15 is 0 Å². The lowest BCUT2D eigenvalue weighted by molar-refractivity contribution is 0.0954. The largest absolute Gasteiger partial charge is 0.497 e. The molecule has 1 N–H and O–H groups in total. The van der Waals surface area contributed by atoms with E-state index < -0.39 is 0 Å². The van der Waals surface area contributed by atoms with E-state index in [4.69, 9.17) is 4.74 Å². The van der Waals surface area contributed by atoms with E-state index in [9.17, 15) is 4.79 Å². The highest BCUT2D eigenvalue weighted by molar-refractivity contribution is 5.98. The second-order valence-corrected chi connectivity index (χ2v) is 5.12. The first-order valence-electron chi connectivity index (χ1n) is 7.15. The molecule has 1 aromatic heterocycles. The number of hydrogen-bond donors (Lipinski definition) is 1. The molecule has 0 unspecified atom stereocenters. The van der Waals surface area contributed by atoms with Gasteiger partial charge in [-0.25, -0.2) is 4.98 Å². The molecule has 1 heterocycles. The third-order valence-electron chi connectivity index (χ3n) is 3.31. The van der Waals surface area contributed by atoms with Crippen LogP contribution in [-0.4, -0.2) is 38.6 Å². The van der Waals surface area contributed by atoms with Gasteiger partial charge in [-0.1, -0.05) is 12.1 Å². The summed E-state index contributed by atoms with van der Waals surface area (Å²) in [6, 6.07) is 11.4. The monoisotopic (exact) mass is 299 g/mol. The number of hydrogen-bond acceptors (Lipinski definition) is 4. The second kappa shape index (κ2) is 7.45. The Labute approximate surface area is 130 Å². The number of nitrogens with one attached hydrogen (secondary N) is 1. The summed E-state index contributed by atoms with van der Waals surface area (Å²) in [5, 5.41) is 2.93. The number of methoxy groups -OCH3 is 1. The predicted octanol–water partition coefficient (Wildman–Crippen LogP) is 2.13. The van der Waals surface area contributed by atoms with Crippen molar-refractivity contribution >= 4 is 11.7 Å². The quantitative estimate of drug-likeness (QED) is 0.888. The Kier molecular flexibility index (Phi) is 5.36. The normalized spacial score (nSPS) is 10.1. The number of anilines is 1. The molecule has 0 aliphatic carbocycles. The van der Waals surface area contributed by atoms with Crippen LogP contribution in [0.2, 0.25) is 0 Å². The Morgan fingerprint density at radius 2 is 1.95 bits per heavy atom. The molecule has 0 radical (unpaired) electrons. The molecular formula is C17H21N3O2. The Morgan fingerprint density at radius 1 is 1.23 bits per heavy atom. The topological polar surface area (TPSA) is 54.5 Å². The van der Waals surface area contributed by atoms with E-state index in [1.165, 1.54) is 0 Å². The van der Waals surface area contributed by atoms with Gasteiger partial charge in [0.2, 0.25) is 0 Å². The summed E-state index contributed by atoms with van der Waals surface area (Å²) in [5.41, 5.74) is 1.74. The number of pyridine rings is 1. The summed E-state index contributed by atoms with van der Waals surface area (Å²) >= 11 is 0. The van der Waals surface area contributed by atoms with E-state index in [0.29, 0.717) is 17.9 Å². The van der Waals surface area contributed by atoms with Gasteiger partial charge in [0.1, 0.15) is 11.6 Å². The third kappa shape index (κ3) is 3.97. The van der Waals surface area contributed by atoms with Crippen molar-refractivity contribution in [1.82, 2.24) is 10.3 Å². The zero-order chi connectivity index (χ0) is 15.9. The van der Waals surface area contributed by atoms with Crippen LogP contribution in [0.15, 0.2) is 42.6 Å². The molecule has 116 valence electrons. The maximum atomic E-state index is 12.3. The highest BCUT2D eigenvalue weighted by Crippen LogP contribution is 2.14. The summed E-state index contributed by atoms with van der Waals surface area (Å²) < 4.78 is 5.12. The number of carbonyl (C=O) groups is 1. The van der Waals surface area contributed by atoms with E-state index in [0.717, 1.165) is 17.7 Å². The van der Waals surface area contributed by atoms with E-state index in [-0.39, 0.29) is 5.91 Å². The van der Waals surface area contributed by atoms with Gasteiger partial charge in [-0.3, -0.25) is 4.79 Å². The summed E-state index contributed by atoms with van der Waals surface area (Å²) in [7, 11) is 5.39. The van der Waals surface area contributed by atoms with Crippen LogP contribution >= 0.6 is 0 Å².